The Labute approximate surface area is 204 Å². The van der Waals surface area contributed by atoms with Crippen LogP contribution < -0.4 is 14.4 Å². The minimum absolute atomic E-state index is 0.0316. The number of methoxy groups -OCH3 is 1. The molecule has 7 nitrogen and oxygen atoms in total. The maximum absolute atomic E-state index is 12.7. The van der Waals surface area contributed by atoms with E-state index in [1.807, 2.05) is 31.2 Å². The van der Waals surface area contributed by atoms with Crippen LogP contribution in [0.3, 0.4) is 0 Å². The summed E-state index contributed by atoms with van der Waals surface area (Å²) in [5, 5.41) is 0. The van der Waals surface area contributed by atoms with E-state index in [9.17, 15) is 14.4 Å². The maximum Gasteiger partial charge on any atom is 0.312 e. The molecule has 1 fully saturated rings. The van der Waals surface area contributed by atoms with Crippen molar-refractivity contribution < 1.29 is 28.6 Å². The predicted octanol–water partition coefficient (Wildman–Crippen LogP) is 4.96. The molecule has 0 aromatic heterocycles. The van der Waals surface area contributed by atoms with Gasteiger partial charge in [-0.25, -0.2) is 0 Å². The third-order valence-corrected chi connectivity index (χ3v) is 5.90. The SMILES string of the molecule is COc1ccc(C(=O)[C@H](C)OC(=O)[C@@H]2CC(=O)N(c3ccc(Oc4ccc(C)cc4)cc3)C2)cc1. The average molecular weight is 474 g/mol. The third kappa shape index (κ3) is 5.69. The van der Waals surface area contributed by atoms with Gasteiger partial charge in [-0.05, 0) is 74.5 Å². The third-order valence-electron chi connectivity index (χ3n) is 5.90. The van der Waals surface area contributed by atoms with Crippen molar-refractivity contribution in [2.45, 2.75) is 26.4 Å². The Kier molecular flexibility index (Phi) is 7.15. The summed E-state index contributed by atoms with van der Waals surface area (Å²) in [6.07, 6.45) is -0.928. The quantitative estimate of drug-likeness (QED) is 0.340. The molecule has 1 saturated heterocycles. The van der Waals surface area contributed by atoms with E-state index < -0.39 is 18.0 Å². The summed E-state index contributed by atoms with van der Waals surface area (Å²) in [6.45, 7) is 3.74. The fraction of sp³-hybridized carbons (Fsp3) is 0.250. The first kappa shape index (κ1) is 24.0. The number of ether oxygens (including phenoxy) is 3. The van der Waals surface area contributed by atoms with Crippen molar-refractivity contribution in [3.8, 4) is 17.2 Å². The van der Waals surface area contributed by atoms with Crippen LogP contribution in [0.2, 0.25) is 0 Å². The van der Waals surface area contributed by atoms with Gasteiger partial charge in [0.2, 0.25) is 11.7 Å². The number of carbonyl (C=O) groups excluding carboxylic acids is 3. The Hall–Kier alpha value is -4.13. The molecule has 7 heteroatoms. The van der Waals surface area contributed by atoms with Crippen LogP contribution in [0, 0.1) is 12.8 Å². The lowest BCUT2D eigenvalue weighted by molar-refractivity contribution is -0.151. The maximum atomic E-state index is 12.7. The summed E-state index contributed by atoms with van der Waals surface area (Å²) in [4.78, 5) is 39.5. The highest BCUT2D eigenvalue weighted by molar-refractivity contribution is 6.02. The summed E-state index contributed by atoms with van der Waals surface area (Å²) in [5.41, 5.74) is 2.24. The molecule has 0 radical (unpaired) electrons. The molecule has 0 spiro atoms. The number of amides is 1. The van der Waals surface area contributed by atoms with Crippen LogP contribution in [0.5, 0.6) is 17.2 Å². The standard InChI is InChI=1S/C28H27NO6/c1-18-4-10-24(11-5-18)35-25-14-8-22(9-15-25)29-17-21(16-26(29)30)28(32)34-19(2)27(31)20-6-12-23(33-3)13-7-20/h4-15,19,21H,16-17H2,1-3H3/t19-,21+/m0/s1. The molecule has 1 amide bonds. The van der Waals surface area contributed by atoms with Gasteiger partial charge in [-0.15, -0.1) is 0 Å². The highest BCUT2D eigenvalue weighted by Gasteiger charge is 2.37. The van der Waals surface area contributed by atoms with E-state index in [4.69, 9.17) is 14.2 Å². The van der Waals surface area contributed by atoms with Gasteiger partial charge in [0.25, 0.3) is 0 Å². The fourth-order valence-electron chi connectivity index (χ4n) is 3.87. The number of benzene rings is 3. The Balaban J connectivity index is 1.34. The number of carbonyl (C=O) groups is 3. The minimum Gasteiger partial charge on any atom is -0.497 e. The lowest BCUT2D eigenvalue weighted by Crippen LogP contribution is -2.30. The van der Waals surface area contributed by atoms with Gasteiger partial charge < -0.3 is 19.1 Å². The van der Waals surface area contributed by atoms with E-state index in [1.165, 1.54) is 6.92 Å². The average Bonchev–Trinajstić information content (AvgIpc) is 3.27. The van der Waals surface area contributed by atoms with Gasteiger partial charge >= 0.3 is 5.97 Å². The van der Waals surface area contributed by atoms with Crippen LogP contribution in [-0.4, -0.2) is 37.4 Å². The highest BCUT2D eigenvalue weighted by atomic mass is 16.5. The molecule has 1 heterocycles. The van der Waals surface area contributed by atoms with Gasteiger partial charge in [-0.1, -0.05) is 17.7 Å². The largest absolute Gasteiger partial charge is 0.497 e. The van der Waals surface area contributed by atoms with E-state index in [0.717, 1.165) is 11.3 Å². The zero-order valence-electron chi connectivity index (χ0n) is 19.9. The lowest BCUT2D eigenvalue weighted by Gasteiger charge is -2.18. The molecular formula is C28H27NO6. The smallest absolute Gasteiger partial charge is 0.312 e. The summed E-state index contributed by atoms with van der Waals surface area (Å²) in [5.74, 6) is 0.310. The molecule has 4 rings (SSSR count). The van der Waals surface area contributed by atoms with Crippen LogP contribution in [0.15, 0.2) is 72.8 Å². The van der Waals surface area contributed by atoms with Crippen molar-refractivity contribution in [2.75, 3.05) is 18.6 Å². The first-order valence-electron chi connectivity index (χ1n) is 11.4. The number of aryl methyl sites for hydroxylation is 1. The van der Waals surface area contributed by atoms with E-state index >= 15 is 0 Å². The van der Waals surface area contributed by atoms with E-state index in [1.54, 1.807) is 60.5 Å². The van der Waals surface area contributed by atoms with Crippen LogP contribution >= 0.6 is 0 Å². The molecule has 2 atom stereocenters. The second-order valence-electron chi connectivity index (χ2n) is 8.49. The van der Waals surface area contributed by atoms with E-state index in [-0.39, 0.29) is 24.7 Å². The fourth-order valence-corrected chi connectivity index (χ4v) is 3.87. The van der Waals surface area contributed by atoms with Crippen LogP contribution in [0.25, 0.3) is 0 Å². The van der Waals surface area contributed by atoms with Crippen molar-refractivity contribution >= 4 is 23.3 Å². The Morgan fingerprint density at radius 1 is 0.886 bits per heavy atom. The molecule has 0 N–H and O–H groups in total. The van der Waals surface area contributed by atoms with Gasteiger partial charge in [-0.2, -0.15) is 0 Å². The number of ketones is 1. The number of rotatable bonds is 8. The van der Waals surface area contributed by atoms with Crippen molar-refractivity contribution in [1.82, 2.24) is 0 Å². The van der Waals surface area contributed by atoms with Gasteiger partial charge in [0.05, 0.1) is 13.0 Å². The molecule has 1 aliphatic heterocycles. The number of Topliss-reactive ketones (excluding diaryl/α,β-unsaturated/α-hetero) is 1. The summed E-state index contributed by atoms with van der Waals surface area (Å²) >= 11 is 0. The van der Waals surface area contributed by atoms with E-state index in [2.05, 4.69) is 0 Å². The molecule has 35 heavy (non-hydrogen) atoms. The topological polar surface area (TPSA) is 82.1 Å². The van der Waals surface area contributed by atoms with Crippen LogP contribution in [0.1, 0.15) is 29.3 Å². The molecule has 0 aliphatic carbocycles. The number of nitrogens with zero attached hydrogens (tertiary/aromatic N) is 1. The molecule has 1 aliphatic rings. The summed E-state index contributed by atoms with van der Waals surface area (Å²) in [6, 6.07) is 21.4. The predicted molar refractivity (Wildman–Crippen MR) is 131 cm³/mol. The van der Waals surface area contributed by atoms with Gasteiger partial charge in [0.1, 0.15) is 17.2 Å². The zero-order chi connectivity index (χ0) is 24.9. The molecule has 3 aromatic carbocycles. The molecule has 0 bridgehead atoms. The van der Waals surface area contributed by atoms with E-state index in [0.29, 0.717) is 22.7 Å². The zero-order valence-corrected chi connectivity index (χ0v) is 19.9. The number of anilines is 1. The molecule has 180 valence electrons. The van der Waals surface area contributed by atoms with Crippen molar-refractivity contribution in [2.24, 2.45) is 5.92 Å². The van der Waals surface area contributed by atoms with Crippen molar-refractivity contribution in [3.63, 3.8) is 0 Å². The van der Waals surface area contributed by atoms with Crippen LogP contribution in [0.4, 0.5) is 5.69 Å². The van der Waals surface area contributed by atoms with Crippen molar-refractivity contribution in [3.05, 3.63) is 83.9 Å². The molecular weight excluding hydrogens is 446 g/mol. The molecule has 0 saturated carbocycles. The number of hydrogen-bond donors (Lipinski definition) is 0. The Morgan fingerprint density at radius 2 is 1.46 bits per heavy atom. The monoisotopic (exact) mass is 473 g/mol. The van der Waals surface area contributed by atoms with Gasteiger partial charge in [-0.3, -0.25) is 14.4 Å². The van der Waals surface area contributed by atoms with Gasteiger partial charge in [0, 0.05) is 24.2 Å². The Morgan fingerprint density at radius 3 is 2.06 bits per heavy atom. The van der Waals surface area contributed by atoms with Crippen LogP contribution in [-0.2, 0) is 14.3 Å². The summed E-state index contributed by atoms with van der Waals surface area (Å²) < 4.78 is 16.3. The number of esters is 1. The summed E-state index contributed by atoms with van der Waals surface area (Å²) in [7, 11) is 1.54. The van der Waals surface area contributed by atoms with Crippen molar-refractivity contribution in [1.29, 1.82) is 0 Å². The molecule has 0 unspecified atom stereocenters. The highest BCUT2D eigenvalue weighted by Crippen LogP contribution is 2.29. The normalized spacial score (nSPS) is 16.0. The first-order valence-corrected chi connectivity index (χ1v) is 11.4. The Bertz CT molecular complexity index is 1200. The lowest BCUT2D eigenvalue weighted by atomic mass is 10.1. The minimum atomic E-state index is -0.960. The number of hydrogen-bond acceptors (Lipinski definition) is 6. The van der Waals surface area contributed by atoms with Gasteiger partial charge in [0.15, 0.2) is 6.10 Å². The molecule has 3 aromatic rings. The second kappa shape index (κ2) is 10.4. The first-order chi connectivity index (χ1) is 16.8. The second-order valence-corrected chi connectivity index (χ2v) is 8.49.